The third kappa shape index (κ3) is 5.79. The van der Waals surface area contributed by atoms with Crippen LogP contribution in [0.5, 0.6) is 0 Å². The molecule has 0 bridgehead atoms. The van der Waals surface area contributed by atoms with Crippen LogP contribution in [0.15, 0.2) is 36.8 Å². The van der Waals surface area contributed by atoms with Crippen molar-refractivity contribution in [2.45, 2.75) is 19.0 Å². The number of piperazine rings is 1. The molecule has 8 nitrogen and oxygen atoms in total. The first kappa shape index (κ1) is 21.8. The molecule has 1 aliphatic rings. The van der Waals surface area contributed by atoms with Crippen molar-refractivity contribution in [3.63, 3.8) is 0 Å². The summed E-state index contributed by atoms with van der Waals surface area (Å²) < 4.78 is 27.3. The summed E-state index contributed by atoms with van der Waals surface area (Å²) in [7, 11) is -1.55. The molecule has 0 radical (unpaired) electrons. The van der Waals surface area contributed by atoms with Gasteiger partial charge in [-0.15, -0.1) is 0 Å². The van der Waals surface area contributed by atoms with E-state index >= 15 is 0 Å². The van der Waals surface area contributed by atoms with E-state index < -0.39 is 16.1 Å². The molecule has 1 N–H and O–H groups in total. The number of carbonyl (C=O) groups excluding carboxylic acids is 1. The lowest BCUT2D eigenvalue weighted by molar-refractivity contribution is -0.126. The van der Waals surface area contributed by atoms with Crippen molar-refractivity contribution < 1.29 is 13.2 Å². The SMILES string of the molecule is CN1CCN(S(C)(=O)=O)C(C(=O)NCCc2cncn2Cc2ccc(Cl)cc2)C1. The maximum absolute atomic E-state index is 12.7. The Morgan fingerprint density at radius 3 is 2.69 bits per heavy atom. The van der Waals surface area contributed by atoms with Gasteiger partial charge in [0.25, 0.3) is 0 Å². The smallest absolute Gasteiger partial charge is 0.239 e. The molecule has 3 rings (SSSR count). The molecule has 0 aliphatic carbocycles. The Labute approximate surface area is 176 Å². The van der Waals surface area contributed by atoms with Crippen LogP contribution >= 0.6 is 11.6 Å². The molecule has 29 heavy (non-hydrogen) atoms. The first-order valence-corrected chi connectivity index (χ1v) is 11.6. The van der Waals surface area contributed by atoms with Crippen molar-refractivity contribution in [2.24, 2.45) is 0 Å². The van der Waals surface area contributed by atoms with Crippen molar-refractivity contribution in [3.8, 4) is 0 Å². The average molecular weight is 440 g/mol. The highest BCUT2D eigenvalue weighted by molar-refractivity contribution is 7.88. The van der Waals surface area contributed by atoms with Gasteiger partial charge < -0.3 is 14.8 Å². The van der Waals surface area contributed by atoms with Crippen LogP contribution in [0.25, 0.3) is 0 Å². The summed E-state index contributed by atoms with van der Waals surface area (Å²) in [6.07, 6.45) is 5.28. The summed E-state index contributed by atoms with van der Waals surface area (Å²) in [6, 6.07) is 6.92. The highest BCUT2D eigenvalue weighted by Gasteiger charge is 2.36. The van der Waals surface area contributed by atoms with E-state index in [9.17, 15) is 13.2 Å². The minimum atomic E-state index is -3.43. The van der Waals surface area contributed by atoms with E-state index in [0.717, 1.165) is 17.5 Å². The van der Waals surface area contributed by atoms with Gasteiger partial charge in [0.1, 0.15) is 6.04 Å². The van der Waals surface area contributed by atoms with Crippen LogP contribution < -0.4 is 5.32 Å². The topological polar surface area (TPSA) is 87.5 Å². The van der Waals surface area contributed by atoms with Gasteiger partial charge in [0, 0.05) is 56.1 Å². The zero-order chi connectivity index (χ0) is 21.0. The van der Waals surface area contributed by atoms with E-state index in [1.54, 1.807) is 12.5 Å². The number of benzene rings is 1. The van der Waals surface area contributed by atoms with Crippen LogP contribution in [-0.4, -0.2) is 78.6 Å². The van der Waals surface area contributed by atoms with Gasteiger partial charge in [0.2, 0.25) is 15.9 Å². The zero-order valence-corrected chi connectivity index (χ0v) is 18.2. The molecule has 2 heterocycles. The number of likely N-dealkylation sites (N-methyl/N-ethyl adjacent to an activating group) is 1. The molecular formula is C19H26ClN5O3S. The fraction of sp³-hybridized carbons (Fsp3) is 0.474. The normalized spacial score (nSPS) is 18.7. The van der Waals surface area contributed by atoms with E-state index in [1.807, 2.05) is 40.8 Å². The molecule has 0 saturated carbocycles. The van der Waals surface area contributed by atoms with Crippen LogP contribution in [-0.2, 0) is 27.8 Å². The maximum Gasteiger partial charge on any atom is 0.239 e. The lowest BCUT2D eigenvalue weighted by atomic mass is 10.2. The first-order valence-electron chi connectivity index (χ1n) is 9.40. The predicted octanol–water partition coefficient (Wildman–Crippen LogP) is 0.819. The van der Waals surface area contributed by atoms with Crippen molar-refractivity contribution in [3.05, 3.63) is 53.1 Å². The maximum atomic E-state index is 12.7. The Balaban J connectivity index is 1.57. The third-order valence-electron chi connectivity index (χ3n) is 5.01. The van der Waals surface area contributed by atoms with Gasteiger partial charge in [-0.1, -0.05) is 23.7 Å². The number of carbonyl (C=O) groups is 1. The van der Waals surface area contributed by atoms with Crippen molar-refractivity contribution in [1.29, 1.82) is 0 Å². The number of rotatable bonds is 7. The summed E-state index contributed by atoms with van der Waals surface area (Å²) in [6.45, 7) is 2.38. The highest BCUT2D eigenvalue weighted by atomic mass is 35.5. The molecule has 1 unspecified atom stereocenters. The molecule has 1 saturated heterocycles. The van der Waals surface area contributed by atoms with Gasteiger partial charge in [0.05, 0.1) is 12.6 Å². The van der Waals surface area contributed by atoms with Crippen LogP contribution in [0.1, 0.15) is 11.3 Å². The summed E-state index contributed by atoms with van der Waals surface area (Å²) in [5.74, 6) is -0.272. The van der Waals surface area contributed by atoms with E-state index in [4.69, 9.17) is 11.6 Å². The van der Waals surface area contributed by atoms with Gasteiger partial charge in [0.15, 0.2) is 0 Å². The molecule has 2 aromatic rings. The number of hydrogen-bond donors (Lipinski definition) is 1. The number of aromatic nitrogens is 2. The second-order valence-electron chi connectivity index (χ2n) is 7.33. The van der Waals surface area contributed by atoms with Crippen LogP contribution in [0.4, 0.5) is 0 Å². The number of halogens is 1. The number of imidazole rings is 1. The largest absolute Gasteiger partial charge is 0.354 e. The molecule has 1 fully saturated rings. The molecule has 0 spiro atoms. The van der Waals surface area contributed by atoms with E-state index in [1.165, 1.54) is 4.31 Å². The minimum Gasteiger partial charge on any atom is -0.354 e. The molecule has 1 amide bonds. The molecule has 1 aliphatic heterocycles. The molecule has 1 aromatic carbocycles. The summed E-state index contributed by atoms with van der Waals surface area (Å²) >= 11 is 5.93. The second kappa shape index (κ2) is 9.25. The Hall–Kier alpha value is -1.94. The van der Waals surface area contributed by atoms with Crippen molar-refractivity contribution >= 4 is 27.5 Å². The number of sulfonamides is 1. The highest BCUT2D eigenvalue weighted by Crippen LogP contribution is 2.14. The Morgan fingerprint density at radius 2 is 2.00 bits per heavy atom. The first-order chi connectivity index (χ1) is 13.7. The zero-order valence-electron chi connectivity index (χ0n) is 16.6. The monoisotopic (exact) mass is 439 g/mol. The number of amides is 1. The summed E-state index contributed by atoms with van der Waals surface area (Å²) in [5, 5.41) is 3.57. The fourth-order valence-corrected chi connectivity index (χ4v) is 4.59. The van der Waals surface area contributed by atoms with E-state index in [-0.39, 0.29) is 5.91 Å². The quantitative estimate of drug-likeness (QED) is 0.690. The Bertz CT molecular complexity index is 945. The van der Waals surface area contributed by atoms with Crippen molar-refractivity contribution in [1.82, 2.24) is 24.1 Å². The number of nitrogens with zero attached hydrogens (tertiary/aromatic N) is 4. The molecule has 1 aromatic heterocycles. The van der Waals surface area contributed by atoms with Gasteiger partial charge in [-0.25, -0.2) is 13.4 Å². The average Bonchev–Trinajstić information content (AvgIpc) is 3.09. The van der Waals surface area contributed by atoms with Crippen LogP contribution in [0.2, 0.25) is 5.02 Å². The van der Waals surface area contributed by atoms with Crippen LogP contribution in [0.3, 0.4) is 0 Å². The predicted molar refractivity (Wildman–Crippen MR) is 112 cm³/mol. The summed E-state index contributed by atoms with van der Waals surface area (Å²) in [4.78, 5) is 18.8. The Morgan fingerprint density at radius 1 is 1.28 bits per heavy atom. The van der Waals surface area contributed by atoms with Crippen molar-refractivity contribution in [2.75, 3.05) is 39.5 Å². The molecule has 10 heteroatoms. The van der Waals surface area contributed by atoms with Gasteiger partial charge in [-0.2, -0.15) is 4.31 Å². The number of hydrogen-bond acceptors (Lipinski definition) is 5. The van der Waals surface area contributed by atoms with Gasteiger partial charge in [-0.3, -0.25) is 4.79 Å². The minimum absolute atomic E-state index is 0.272. The molecule has 1 atom stereocenters. The van der Waals surface area contributed by atoms with E-state index in [2.05, 4.69) is 10.3 Å². The third-order valence-corrected chi connectivity index (χ3v) is 6.55. The molecular weight excluding hydrogens is 414 g/mol. The van der Waals surface area contributed by atoms with Gasteiger partial charge in [-0.05, 0) is 24.7 Å². The second-order valence-corrected chi connectivity index (χ2v) is 9.70. The standard InChI is InChI=1S/C19H26ClN5O3S/c1-23-9-10-25(29(2,27)28)18(13-23)19(26)22-8-7-17-11-21-14-24(17)12-15-3-5-16(20)6-4-15/h3-6,11,14,18H,7-10,12-13H2,1-2H3,(H,22,26). The lowest BCUT2D eigenvalue weighted by Crippen LogP contribution is -2.59. The van der Waals surface area contributed by atoms with Gasteiger partial charge >= 0.3 is 0 Å². The fourth-order valence-electron chi connectivity index (χ4n) is 3.43. The lowest BCUT2D eigenvalue weighted by Gasteiger charge is -2.37. The van der Waals surface area contributed by atoms with Crippen LogP contribution in [0, 0.1) is 0 Å². The molecule has 158 valence electrons. The Kier molecular flexibility index (Phi) is 6.94. The number of nitrogens with one attached hydrogen (secondary N) is 1. The van der Waals surface area contributed by atoms with E-state index in [0.29, 0.717) is 44.2 Å². The summed E-state index contributed by atoms with van der Waals surface area (Å²) in [5.41, 5.74) is 2.09.